The summed E-state index contributed by atoms with van der Waals surface area (Å²) in [6, 6.07) is 10.2. The topological polar surface area (TPSA) is 70.6 Å². The molecule has 2 atom stereocenters. The molecular formula is C19H23N5O2S. The summed E-state index contributed by atoms with van der Waals surface area (Å²) in [6.07, 6.45) is 4.94. The highest BCUT2D eigenvalue weighted by atomic mass is 32.2. The van der Waals surface area contributed by atoms with Gasteiger partial charge >= 0.3 is 0 Å². The van der Waals surface area contributed by atoms with E-state index in [1.807, 2.05) is 42.8 Å². The number of hydrogen-bond acceptors (Lipinski definition) is 7. The van der Waals surface area contributed by atoms with E-state index in [4.69, 9.17) is 4.74 Å². The summed E-state index contributed by atoms with van der Waals surface area (Å²) in [5.41, 5.74) is 0.761. The standard InChI is InChI=1S/C19H23N5O2S/c1-26-16-5-3-4-13(8-16)21-18(25)12-24-14-9-15(24)11-23(10-14)17-6-7-20-19(22-17)27-2/h3-8,14-15H,9-12H2,1-2H3,(H,21,25). The van der Waals surface area contributed by atoms with Crippen molar-refractivity contribution in [3.8, 4) is 5.75 Å². The fraction of sp³-hybridized carbons (Fsp3) is 0.421. The van der Waals surface area contributed by atoms with E-state index in [2.05, 4.69) is 25.1 Å². The molecule has 0 radical (unpaired) electrons. The molecule has 3 aliphatic heterocycles. The van der Waals surface area contributed by atoms with Gasteiger partial charge in [-0.3, -0.25) is 9.69 Å². The number of nitrogens with one attached hydrogen (secondary N) is 1. The van der Waals surface area contributed by atoms with E-state index in [9.17, 15) is 4.79 Å². The molecule has 4 heterocycles. The van der Waals surface area contributed by atoms with Crippen molar-refractivity contribution >= 4 is 29.2 Å². The molecule has 7 nitrogen and oxygen atoms in total. The van der Waals surface area contributed by atoms with E-state index in [0.717, 1.165) is 41.9 Å². The first-order valence-corrected chi connectivity index (χ1v) is 10.2. The fourth-order valence-corrected chi connectivity index (χ4v) is 4.16. The van der Waals surface area contributed by atoms with E-state index in [1.54, 1.807) is 18.9 Å². The highest BCUT2D eigenvalue weighted by molar-refractivity contribution is 7.98. The first-order valence-electron chi connectivity index (χ1n) is 8.98. The molecule has 1 aromatic carbocycles. The van der Waals surface area contributed by atoms with Crippen LogP contribution in [0.5, 0.6) is 5.75 Å². The van der Waals surface area contributed by atoms with Gasteiger partial charge in [0.2, 0.25) is 5.91 Å². The van der Waals surface area contributed by atoms with Crippen molar-refractivity contribution < 1.29 is 9.53 Å². The van der Waals surface area contributed by atoms with Crippen LogP contribution in [0.1, 0.15) is 6.42 Å². The van der Waals surface area contributed by atoms with Gasteiger partial charge in [-0.25, -0.2) is 9.97 Å². The second kappa shape index (κ2) is 7.74. The number of carbonyl (C=O) groups excluding carboxylic acids is 1. The number of methoxy groups -OCH3 is 1. The Balaban J connectivity index is 1.34. The van der Waals surface area contributed by atoms with Crippen molar-refractivity contribution in [3.05, 3.63) is 36.5 Å². The molecule has 1 amide bonds. The molecule has 3 fully saturated rings. The van der Waals surface area contributed by atoms with Gasteiger partial charge in [-0.1, -0.05) is 17.8 Å². The maximum absolute atomic E-state index is 12.5. The van der Waals surface area contributed by atoms with Gasteiger partial charge in [0.05, 0.1) is 13.7 Å². The minimum absolute atomic E-state index is 0.0121. The fourth-order valence-electron chi connectivity index (χ4n) is 3.81. The molecule has 0 aliphatic carbocycles. The maximum atomic E-state index is 12.5. The Morgan fingerprint density at radius 1 is 1.33 bits per heavy atom. The normalized spacial score (nSPS) is 21.5. The summed E-state index contributed by atoms with van der Waals surface area (Å²) < 4.78 is 5.20. The quantitative estimate of drug-likeness (QED) is 0.603. The molecule has 8 heteroatoms. The molecule has 5 rings (SSSR count). The Hall–Kier alpha value is -2.32. The number of ether oxygens (including phenoxy) is 1. The lowest BCUT2D eigenvalue weighted by molar-refractivity contribution is -0.121. The molecule has 27 heavy (non-hydrogen) atoms. The molecule has 0 saturated carbocycles. The lowest BCUT2D eigenvalue weighted by atomic mass is 9.87. The lowest BCUT2D eigenvalue weighted by Crippen LogP contribution is -2.69. The highest BCUT2D eigenvalue weighted by Gasteiger charge is 2.45. The Kier molecular flexibility index (Phi) is 5.18. The SMILES string of the molecule is COc1cccc(NC(=O)CN2C3CC2CN(c2ccnc(SC)n2)C3)c1. The van der Waals surface area contributed by atoms with Crippen molar-refractivity contribution in [1.29, 1.82) is 0 Å². The Labute approximate surface area is 163 Å². The van der Waals surface area contributed by atoms with Crippen molar-refractivity contribution in [2.75, 3.05) is 43.2 Å². The number of rotatable bonds is 6. The predicted octanol–water partition coefficient (Wildman–Crippen LogP) is 2.11. The van der Waals surface area contributed by atoms with Crippen molar-refractivity contribution in [3.63, 3.8) is 0 Å². The van der Waals surface area contributed by atoms with Crippen molar-refractivity contribution in [2.24, 2.45) is 0 Å². The van der Waals surface area contributed by atoms with Gasteiger partial charge in [0, 0.05) is 43.1 Å². The van der Waals surface area contributed by atoms with Gasteiger partial charge < -0.3 is 15.0 Å². The Morgan fingerprint density at radius 2 is 2.15 bits per heavy atom. The van der Waals surface area contributed by atoms with Crippen molar-refractivity contribution in [2.45, 2.75) is 23.7 Å². The van der Waals surface area contributed by atoms with Crippen LogP contribution < -0.4 is 15.0 Å². The summed E-state index contributed by atoms with van der Waals surface area (Å²) in [5, 5.41) is 3.76. The van der Waals surface area contributed by atoms with Gasteiger partial charge in [-0.2, -0.15) is 0 Å². The third kappa shape index (κ3) is 3.86. The van der Waals surface area contributed by atoms with Crippen LogP contribution in [0.25, 0.3) is 0 Å². The molecule has 2 unspecified atom stereocenters. The van der Waals surface area contributed by atoms with Crippen LogP contribution in [0, 0.1) is 0 Å². The first-order chi connectivity index (χ1) is 13.2. The molecule has 142 valence electrons. The number of carbonyl (C=O) groups is 1. The Morgan fingerprint density at radius 3 is 2.89 bits per heavy atom. The second-order valence-corrected chi connectivity index (χ2v) is 7.58. The number of aromatic nitrogens is 2. The van der Waals surface area contributed by atoms with E-state index in [-0.39, 0.29) is 5.91 Å². The molecule has 1 aromatic heterocycles. The van der Waals surface area contributed by atoms with Gasteiger partial charge in [-0.15, -0.1) is 0 Å². The predicted molar refractivity (Wildman–Crippen MR) is 107 cm³/mol. The smallest absolute Gasteiger partial charge is 0.238 e. The van der Waals surface area contributed by atoms with Crippen LogP contribution in [0.3, 0.4) is 0 Å². The van der Waals surface area contributed by atoms with E-state index in [1.165, 1.54) is 0 Å². The monoisotopic (exact) mass is 385 g/mol. The number of anilines is 2. The lowest BCUT2D eigenvalue weighted by Gasteiger charge is -2.56. The van der Waals surface area contributed by atoms with Gasteiger partial charge in [0.1, 0.15) is 11.6 Å². The number of fused-ring (bicyclic) bond motifs is 2. The minimum atomic E-state index is 0.0121. The molecule has 2 bridgehead atoms. The van der Waals surface area contributed by atoms with Gasteiger partial charge in [0.25, 0.3) is 0 Å². The number of nitrogens with zero attached hydrogens (tertiary/aromatic N) is 4. The highest BCUT2D eigenvalue weighted by Crippen LogP contribution is 2.34. The number of hydrogen-bond donors (Lipinski definition) is 1. The third-order valence-electron chi connectivity index (χ3n) is 5.15. The number of amides is 1. The van der Waals surface area contributed by atoms with Crippen LogP contribution in [0.2, 0.25) is 0 Å². The number of piperazine rings is 1. The molecule has 3 aliphatic rings. The van der Waals surface area contributed by atoms with Crippen LogP contribution in [-0.4, -0.2) is 65.9 Å². The zero-order valence-electron chi connectivity index (χ0n) is 15.5. The molecule has 0 spiro atoms. The van der Waals surface area contributed by atoms with E-state index in [0.29, 0.717) is 18.6 Å². The summed E-state index contributed by atoms with van der Waals surface area (Å²) in [4.78, 5) is 25.9. The van der Waals surface area contributed by atoms with Crippen LogP contribution >= 0.6 is 11.8 Å². The average molecular weight is 385 g/mol. The summed E-state index contributed by atoms with van der Waals surface area (Å²) in [5.74, 6) is 1.72. The molecule has 2 aromatic rings. The van der Waals surface area contributed by atoms with E-state index < -0.39 is 0 Å². The van der Waals surface area contributed by atoms with Crippen molar-refractivity contribution in [1.82, 2.24) is 14.9 Å². The second-order valence-electron chi connectivity index (χ2n) is 6.80. The molecular weight excluding hydrogens is 362 g/mol. The zero-order valence-corrected chi connectivity index (χ0v) is 16.3. The molecule has 3 saturated heterocycles. The summed E-state index contributed by atoms with van der Waals surface area (Å²) >= 11 is 1.55. The third-order valence-corrected chi connectivity index (χ3v) is 5.71. The first kappa shape index (κ1) is 18.1. The zero-order chi connectivity index (χ0) is 18.8. The minimum Gasteiger partial charge on any atom is -0.497 e. The summed E-state index contributed by atoms with van der Waals surface area (Å²) in [7, 11) is 1.62. The molecule has 1 N–H and O–H groups in total. The number of thioether (sulfide) groups is 1. The Bertz CT molecular complexity index is 821. The maximum Gasteiger partial charge on any atom is 0.238 e. The van der Waals surface area contributed by atoms with Gasteiger partial charge in [0.15, 0.2) is 5.16 Å². The average Bonchev–Trinajstić information content (AvgIpc) is 2.72. The van der Waals surface area contributed by atoms with Crippen LogP contribution in [-0.2, 0) is 4.79 Å². The van der Waals surface area contributed by atoms with Gasteiger partial charge in [-0.05, 0) is 30.9 Å². The summed E-state index contributed by atoms with van der Waals surface area (Å²) in [6.45, 7) is 2.21. The number of benzene rings is 1. The largest absolute Gasteiger partial charge is 0.497 e. The van der Waals surface area contributed by atoms with E-state index >= 15 is 0 Å². The van der Waals surface area contributed by atoms with Crippen LogP contribution in [0.15, 0.2) is 41.7 Å². The van der Waals surface area contributed by atoms with Crippen LogP contribution in [0.4, 0.5) is 11.5 Å². The number of piperidine rings is 1.